The molecule has 0 radical (unpaired) electrons. The quantitative estimate of drug-likeness (QED) is 0.725. The zero-order valence-corrected chi connectivity index (χ0v) is 14.7. The standard InChI is InChI=1S/C21H20N4O/c1-15-5-7-16(8-6-15)21-23-19(18-4-2-3-11-22-18)14-20(24-21)25-12-9-17(26)10-13-25/h2-8,11,14H,9-10,12-13H2,1H3. The van der Waals surface area contributed by atoms with Crippen LogP contribution in [-0.2, 0) is 4.79 Å². The van der Waals surface area contributed by atoms with E-state index in [1.165, 1.54) is 5.56 Å². The van der Waals surface area contributed by atoms with E-state index in [0.717, 1.165) is 22.8 Å². The Morgan fingerprint density at radius 1 is 0.923 bits per heavy atom. The molecule has 0 spiro atoms. The minimum atomic E-state index is 0.319. The second-order valence-electron chi connectivity index (χ2n) is 6.54. The topological polar surface area (TPSA) is 59.0 Å². The normalized spacial score (nSPS) is 14.5. The monoisotopic (exact) mass is 344 g/mol. The molecular weight excluding hydrogens is 324 g/mol. The lowest BCUT2D eigenvalue weighted by atomic mass is 10.1. The van der Waals surface area contributed by atoms with Gasteiger partial charge in [-0.05, 0) is 19.1 Å². The minimum absolute atomic E-state index is 0.319. The van der Waals surface area contributed by atoms with Crippen LogP contribution in [0.3, 0.4) is 0 Å². The predicted octanol–water partition coefficient (Wildman–Crippen LogP) is 3.68. The third-order valence-electron chi connectivity index (χ3n) is 4.59. The highest BCUT2D eigenvalue weighted by Gasteiger charge is 2.19. The van der Waals surface area contributed by atoms with E-state index in [4.69, 9.17) is 9.97 Å². The van der Waals surface area contributed by atoms with Crippen molar-refractivity contribution in [1.29, 1.82) is 0 Å². The molecule has 1 fully saturated rings. The van der Waals surface area contributed by atoms with E-state index in [1.807, 2.05) is 36.4 Å². The van der Waals surface area contributed by atoms with Gasteiger partial charge in [-0.1, -0.05) is 35.9 Å². The summed E-state index contributed by atoms with van der Waals surface area (Å²) in [4.78, 5) is 27.7. The number of nitrogens with zero attached hydrogens (tertiary/aromatic N) is 4. The number of Topliss-reactive ketones (excluding diaryl/α,β-unsaturated/α-hetero) is 1. The van der Waals surface area contributed by atoms with Gasteiger partial charge in [-0.15, -0.1) is 0 Å². The molecule has 0 unspecified atom stereocenters. The number of carbonyl (C=O) groups excluding carboxylic acids is 1. The van der Waals surface area contributed by atoms with Crippen LogP contribution in [-0.4, -0.2) is 33.8 Å². The van der Waals surface area contributed by atoms with E-state index in [2.05, 4.69) is 28.9 Å². The van der Waals surface area contributed by atoms with E-state index in [0.29, 0.717) is 37.5 Å². The summed E-state index contributed by atoms with van der Waals surface area (Å²) in [5, 5.41) is 0. The molecule has 0 saturated carbocycles. The van der Waals surface area contributed by atoms with Gasteiger partial charge < -0.3 is 4.90 Å². The zero-order chi connectivity index (χ0) is 17.9. The first kappa shape index (κ1) is 16.4. The number of rotatable bonds is 3. The fraction of sp³-hybridized carbons (Fsp3) is 0.238. The summed E-state index contributed by atoms with van der Waals surface area (Å²) in [5.74, 6) is 1.85. The Bertz CT molecular complexity index is 913. The lowest BCUT2D eigenvalue weighted by Gasteiger charge is -2.27. The number of hydrogen-bond acceptors (Lipinski definition) is 5. The molecule has 5 heteroatoms. The Balaban J connectivity index is 1.79. The van der Waals surface area contributed by atoms with Crippen molar-refractivity contribution in [3.05, 3.63) is 60.3 Å². The van der Waals surface area contributed by atoms with Gasteiger partial charge in [0.05, 0.1) is 11.4 Å². The molecule has 5 nitrogen and oxygen atoms in total. The predicted molar refractivity (Wildman–Crippen MR) is 102 cm³/mol. The second kappa shape index (κ2) is 7.04. The van der Waals surface area contributed by atoms with Gasteiger partial charge in [-0.2, -0.15) is 0 Å². The van der Waals surface area contributed by atoms with Crippen molar-refractivity contribution in [2.24, 2.45) is 0 Å². The molecule has 0 bridgehead atoms. The SMILES string of the molecule is Cc1ccc(-c2nc(-c3ccccn3)cc(N3CCC(=O)CC3)n2)cc1. The van der Waals surface area contributed by atoms with Gasteiger partial charge >= 0.3 is 0 Å². The molecule has 26 heavy (non-hydrogen) atoms. The Morgan fingerprint density at radius 3 is 2.38 bits per heavy atom. The smallest absolute Gasteiger partial charge is 0.162 e. The molecule has 4 rings (SSSR count). The van der Waals surface area contributed by atoms with Crippen molar-refractivity contribution in [3.63, 3.8) is 0 Å². The molecule has 0 aliphatic carbocycles. The van der Waals surface area contributed by atoms with Crippen molar-refractivity contribution in [1.82, 2.24) is 15.0 Å². The lowest BCUT2D eigenvalue weighted by Crippen LogP contribution is -2.34. The summed E-state index contributed by atoms with van der Waals surface area (Å²) in [6.45, 7) is 3.46. The van der Waals surface area contributed by atoms with E-state index < -0.39 is 0 Å². The van der Waals surface area contributed by atoms with Crippen LogP contribution in [0.4, 0.5) is 5.82 Å². The fourth-order valence-corrected chi connectivity index (χ4v) is 3.06. The number of anilines is 1. The first-order valence-corrected chi connectivity index (χ1v) is 8.83. The average molecular weight is 344 g/mol. The largest absolute Gasteiger partial charge is 0.356 e. The van der Waals surface area contributed by atoms with Crippen molar-refractivity contribution in [3.8, 4) is 22.8 Å². The van der Waals surface area contributed by atoms with Gasteiger partial charge in [-0.25, -0.2) is 9.97 Å². The Hall–Kier alpha value is -3.08. The molecular formula is C21H20N4O. The van der Waals surface area contributed by atoms with Crippen LogP contribution >= 0.6 is 0 Å². The number of aryl methyl sites for hydroxylation is 1. The maximum atomic E-state index is 11.6. The number of pyridine rings is 1. The highest BCUT2D eigenvalue weighted by molar-refractivity contribution is 5.81. The molecule has 3 heterocycles. The highest BCUT2D eigenvalue weighted by Crippen LogP contribution is 2.26. The summed E-state index contributed by atoms with van der Waals surface area (Å²) in [7, 11) is 0. The van der Waals surface area contributed by atoms with Crippen molar-refractivity contribution in [2.45, 2.75) is 19.8 Å². The molecule has 0 amide bonds. The Morgan fingerprint density at radius 2 is 1.69 bits per heavy atom. The van der Waals surface area contributed by atoms with Crippen LogP contribution < -0.4 is 4.90 Å². The van der Waals surface area contributed by atoms with Crippen LogP contribution in [0, 0.1) is 6.92 Å². The fourth-order valence-electron chi connectivity index (χ4n) is 3.06. The van der Waals surface area contributed by atoms with Crippen LogP contribution in [0.1, 0.15) is 18.4 Å². The zero-order valence-electron chi connectivity index (χ0n) is 14.7. The lowest BCUT2D eigenvalue weighted by molar-refractivity contribution is -0.119. The molecule has 0 atom stereocenters. The van der Waals surface area contributed by atoms with Crippen molar-refractivity contribution < 1.29 is 4.79 Å². The first-order chi connectivity index (χ1) is 12.7. The van der Waals surface area contributed by atoms with Crippen LogP contribution in [0.2, 0.25) is 0 Å². The van der Waals surface area contributed by atoms with Crippen LogP contribution in [0.25, 0.3) is 22.8 Å². The van der Waals surface area contributed by atoms with Gasteiger partial charge in [0.15, 0.2) is 5.82 Å². The molecule has 2 aromatic heterocycles. The van der Waals surface area contributed by atoms with Crippen molar-refractivity contribution >= 4 is 11.6 Å². The van der Waals surface area contributed by atoms with Crippen LogP contribution in [0.5, 0.6) is 0 Å². The summed E-state index contributed by atoms with van der Waals surface area (Å²) < 4.78 is 0. The molecule has 1 aliphatic rings. The highest BCUT2D eigenvalue weighted by atomic mass is 16.1. The maximum Gasteiger partial charge on any atom is 0.162 e. The minimum Gasteiger partial charge on any atom is -0.356 e. The van der Waals surface area contributed by atoms with E-state index >= 15 is 0 Å². The molecule has 1 saturated heterocycles. The third-order valence-corrected chi connectivity index (χ3v) is 4.59. The Labute approximate surface area is 152 Å². The number of piperidine rings is 1. The Kier molecular flexibility index (Phi) is 4.44. The maximum absolute atomic E-state index is 11.6. The summed E-state index contributed by atoms with van der Waals surface area (Å²) >= 11 is 0. The molecule has 3 aromatic rings. The molecule has 130 valence electrons. The molecule has 0 N–H and O–H groups in total. The first-order valence-electron chi connectivity index (χ1n) is 8.83. The van der Waals surface area contributed by atoms with E-state index in [-0.39, 0.29) is 0 Å². The summed E-state index contributed by atoms with van der Waals surface area (Å²) in [6, 6.07) is 16.0. The number of carbonyl (C=O) groups is 1. The van der Waals surface area contributed by atoms with Crippen LogP contribution in [0.15, 0.2) is 54.7 Å². The van der Waals surface area contributed by atoms with E-state index in [9.17, 15) is 4.79 Å². The third kappa shape index (κ3) is 3.47. The average Bonchev–Trinajstić information content (AvgIpc) is 2.69. The summed E-state index contributed by atoms with van der Waals surface area (Å²) in [5.41, 5.74) is 3.78. The molecule has 1 aliphatic heterocycles. The van der Waals surface area contributed by atoms with Gasteiger partial charge in [0, 0.05) is 43.8 Å². The van der Waals surface area contributed by atoms with Gasteiger partial charge in [0.1, 0.15) is 11.6 Å². The summed E-state index contributed by atoms with van der Waals surface area (Å²) in [6.07, 6.45) is 2.91. The van der Waals surface area contributed by atoms with Gasteiger partial charge in [0.2, 0.25) is 0 Å². The number of hydrogen-bond donors (Lipinski definition) is 0. The van der Waals surface area contributed by atoms with Crippen molar-refractivity contribution in [2.75, 3.05) is 18.0 Å². The van der Waals surface area contributed by atoms with E-state index in [1.54, 1.807) is 6.20 Å². The molecule has 1 aromatic carbocycles. The van der Waals surface area contributed by atoms with Gasteiger partial charge in [-0.3, -0.25) is 9.78 Å². The second-order valence-corrected chi connectivity index (χ2v) is 6.54. The number of ketones is 1. The van der Waals surface area contributed by atoms with Gasteiger partial charge in [0.25, 0.3) is 0 Å². The number of benzene rings is 1. The number of aromatic nitrogens is 3.